The van der Waals surface area contributed by atoms with E-state index in [1.807, 2.05) is 28.1 Å². The number of thiazole rings is 1. The molecule has 0 saturated carbocycles. The van der Waals surface area contributed by atoms with Gasteiger partial charge in [-0.15, -0.1) is 16.4 Å². The molecule has 6 rings (SSSR count). The Labute approximate surface area is 154 Å². The normalized spacial score (nSPS) is 23.7. The Bertz CT molecular complexity index is 891. The molecule has 0 radical (unpaired) electrons. The summed E-state index contributed by atoms with van der Waals surface area (Å²) >= 11 is 1.57. The van der Waals surface area contributed by atoms with Gasteiger partial charge in [-0.1, -0.05) is 0 Å². The fourth-order valence-electron chi connectivity index (χ4n) is 4.00. The minimum absolute atomic E-state index is 0.0579. The number of carbonyl (C=O) groups is 1. The Morgan fingerprint density at radius 3 is 3.00 bits per heavy atom. The summed E-state index contributed by atoms with van der Waals surface area (Å²) < 4.78 is 1.70. The third-order valence-electron chi connectivity index (χ3n) is 5.21. The zero-order valence-electron chi connectivity index (χ0n) is 14.2. The second-order valence-corrected chi connectivity index (χ2v) is 7.68. The SMILES string of the molecule is O=C1[C@H]2CC[C@H](CN(Cc3nc4ncccn4n3)C2)N1Cc1cscn1. The number of aromatic nitrogens is 5. The van der Waals surface area contributed by atoms with Crippen molar-refractivity contribution in [2.75, 3.05) is 13.1 Å². The minimum Gasteiger partial charge on any atom is -0.332 e. The summed E-state index contributed by atoms with van der Waals surface area (Å²) in [4.78, 5) is 30.3. The van der Waals surface area contributed by atoms with Gasteiger partial charge in [-0.25, -0.2) is 14.5 Å². The van der Waals surface area contributed by atoms with Gasteiger partial charge in [0.25, 0.3) is 5.78 Å². The van der Waals surface area contributed by atoms with Gasteiger partial charge in [0.15, 0.2) is 5.82 Å². The van der Waals surface area contributed by atoms with Crippen LogP contribution in [0.25, 0.3) is 5.78 Å². The predicted octanol–water partition coefficient (Wildman–Crippen LogP) is 1.20. The third-order valence-corrected chi connectivity index (χ3v) is 5.85. The molecule has 0 unspecified atom stereocenters. The lowest BCUT2D eigenvalue weighted by molar-refractivity contribution is -0.140. The highest BCUT2D eigenvalue weighted by molar-refractivity contribution is 7.07. The number of nitrogens with zero attached hydrogens (tertiary/aromatic N) is 7. The van der Waals surface area contributed by atoms with Gasteiger partial charge in [0, 0.05) is 36.9 Å². The zero-order chi connectivity index (χ0) is 17.5. The fraction of sp³-hybridized carbons (Fsp3) is 0.471. The summed E-state index contributed by atoms with van der Waals surface area (Å²) in [5, 5.41) is 6.53. The number of carbonyl (C=O) groups excluding carboxylic acids is 1. The number of hydrogen-bond acceptors (Lipinski definition) is 7. The van der Waals surface area contributed by atoms with Crippen LogP contribution in [0.15, 0.2) is 29.4 Å². The van der Waals surface area contributed by atoms with Crippen LogP contribution in [0.4, 0.5) is 0 Å². The lowest BCUT2D eigenvalue weighted by atomic mass is 9.94. The van der Waals surface area contributed by atoms with Crippen LogP contribution in [0, 0.1) is 5.92 Å². The highest BCUT2D eigenvalue weighted by Crippen LogP contribution is 2.30. The van der Waals surface area contributed by atoms with Crippen LogP contribution in [0.2, 0.25) is 0 Å². The molecule has 2 bridgehead atoms. The van der Waals surface area contributed by atoms with E-state index in [9.17, 15) is 4.79 Å². The van der Waals surface area contributed by atoms with Crippen LogP contribution in [-0.2, 0) is 17.9 Å². The van der Waals surface area contributed by atoms with E-state index in [-0.39, 0.29) is 17.9 Å². The Morgan fingerprint density at radius 1 is 1.19 bits per heavy atom. The smallest absolute Gasteiger partial charge is 0.252 e. The molecule has 3 aromatic heterocycles. The lowest BCUT2D eigenvalue weighted by Crippen LogP contribution is -2.47. The van der Waals surface area contributed by atoms with Crippen LogP contribution in [0.1, 0.15) is 24.4 Å². The van der Waals surface area contributed by atoms with Gasteiger partial charge in [-0.2, -0.15) is 4.98 Å². The molecular weight excluding hydrogens is 350 g/mol. The maximum atomic E-state index is 12.9. The molecule has 0 spiro atoms. The first-order chi connectivity index (χ1) is 12.8. The van der Waals surface area contributed by atoms with Crippen molar-refractivity contribution in [3.05, 3.63) is 40.9 Å². The van der Waals surface area contributed by atoms with Gasteiger partial charge in [0.2, 0.25) is 5.91 Å². The molecule has 26 heavy (non-hydrogen) atoms. The Kier molecular flexibility index (Phi) is 3.90. The molecule has 2 atom stereocenters. The number of piperidine rings is 1. The largest absolute Gasteiger partial charge is 0.332 e. The van der Waals surface area contributed by atoms with E-state index in [4.69, 9.17) is 0 Å². The van der Waals surface area contributed by atoms with E-state index in [1.165, 1.54) is 0 Å². The van der Waals surface area contributed by atoms with Crippen molar-refractivity contribution in [3.63, 3.8) is 0 Å². The maximum Gasteiger partial charge on any atom is 0.252 e. The first-order valence-electron chi connectivity index (χ1n) is 8.82. The van der Waals surface area contributed by atoms with Crippen molar-refractivity contribution in [1.29, 1.82) is 0 Å². The molecule has 1 amide bonds. The van der Waals surface area contributed by atoms with E-state index < -0.39 is 0 Å². The van der Waals surface area contributed by atoms with Gasteiger partial charge < -0.3 is 4.90 Å². The van der Waals surface area contributed by atoms with Crippen molar-refractivity contribution < 1.29 is 4.79 Å². The van der Waals surface area contributed by atoms with Gasteiger partial charge >= 0.3 is 0 Å². The molecule has 6 heterocycles. The molecule has 3 aliphatic rings. The summed E-state index contributed by atoms with van der Waals surface area (Å²) in [6.45, 7) is 2.89. The fourth-order valence-corrected chi connectivity index (χ4v) is 4.55. The maximum absolute atomic E-state index is 12.9. The first kappa shape index (κ1) is 15.8. The van der Waals surface area contributed by atoms with Gasteiger partial charge in [-0.3, -0.25) is 9.69 Å². The summed E-state index contributed by atoms with van der Waals surface area (Å²) in [7, 11) is 0. The molecule has 3 aliphatic heterocycles. The summed E-state index contributed by atoms with van der Waals surface area (Å²) in [5.41, 5.74) is 2.81. The van der Waals surface area contributed by atoms with Crippen molar-refractivity contribution in [2.45, 2.75) is 32.0 Å². The molecule has 9 heteroatoms. The number of rotatable bonds is 4. The van der Waals surface area contributed by atoms with Gasteiger partial charge in [0.1, 0.15) is 0 Å². The van der Waals surface area contributed by atoms with E-state index in [2.05, 4.69) is 25.0 Å². The molecule has 8 nitrogen and oxygen atoms in total. The molecule has 134 valence electrons. The van der Waals surface area contributed by atoms with Crippen LogP contribution in [0.3, 0.4) is 0 Å². The zero-order valence-corrected chi connectivity index (χ0v) is 15.0. The Morgan fingerprint density at radius 2 is 2.15 bits per heavy atom. The van der Waals surface area contributed by atoms with E-state index in [0.717, 1.165) is 37.4 Å². The topological polar surface area (TPSA) is 79.5 Å². The van der Waals surface area contributed by atoms with Crippen LogP contribution in [0.5, 0.6) is 0 Å². The van der Waals surface area contributed by atoms with E-state index in [0.29, 0.717) is 18.9 Å². The summed E-state index contributed by atoms with van der Waals surface area (Å²) in [5.74, 6) is 1.69. The third kappa shape index (κ3) is 2.86. The average Bonchev–Trinajstić information content (AvgIpc) is 3.22. The Balaban J connectivity index is 1.35. The predicted molar refractivity (Wildman–Crippen MR) is 95.2 cm³/mol. The highest BCUT2D eigenvalue weighted by Gasteiger charge is 2.40. The number of hydrogen-bond donors (Lipinski definition) is 0. The van der Waals surface area contributed by atoms with Crippen LogP contribution >= 0.6 is 11.3 Å². The summed E-state index contributed by atoms with van der Waals surface area (Å²) in [6, 6.07) is 2.07. The second kappa shape index (κ2) is 6.40. The van der Waals surface area contributed by atoms with Crippen molar-refractivity contribution in [2.24, 2.45) is 5.92 Å². The molecule has 3 aromatic rings. The minimum atomic E-state index is 0.0579. The van der Waals surface area contributed by atoms with Gasteiger partial charge in [-0.05, 0) is 18.9 Å². The average molecular weight is 369 g/mol. The van der Waals surface area contributed by atoms with Crippen molar-refractivity contribution in [1.82, 2.24) is 34.4 Å². The van der Waals surface area contributed by atoms with Gasteiger partial charge in [0.05, 0.1) is 30.2 Å². The van der Waals surface area contributed by atoms with Crippen molar-refractivity contribution >= 4 is 23.0 Å². The monoisotopic (exact) mass is 369 g/mol. The molecule has 0 aromatic carbocycles. The standard InChI is InChI=1S/C17H19N7OS/c25-16-12-2-3-14(23(16)7-13-10-26-11-19-13)8-22(6-12)9-15-20-17-18-4-1-5-24(17)21-15/h1,4-5,10-12,14H,2-3,6-9H2/t12-,14+/m0/s1. The number of amides is 1. The molecule has 0 aliphatic carbocycles. The van der Waals surface area contributed by atoms with E-state index >= 15 is 0 Å². The Hall–Kier alpha value is -2.39. The van der Waals surface area contributed by atoms with Crippen molar-refractivity contribution in [3.8, 4) is 0 Å². The molecule has 3 fully saturated rings. The molecule has 3 saturated heterocycles. The quantitative estimate of drug-likeness (QED) is 0.688. The number of fused-ring (bicyclic) bond motifs is 5. The molecular formula is C17H19N7OS. The first-order valence-corrected chi connectivity index (χ1v) is 9.77. The highest BCUT2D eigenvalue weighted by atomic mass is 32.1. The molecule has 0 N–H and O–H groups in total. The lowest BCUT2D eigenvalue weighted by Gasteiger charge is -2.35. The second-order valence-electron chi connectivity index (χ2n) is 6.96. The van der Waals surface area contributed by atoms with Crippen LogP contribution < -0.4 is 0 Å². The van der Waals surface area contributed by atoms with E-state index in [1.54, 1.807) is 22.0 Å². The summed E-state index contributed by atoms with van der Waals surface area (Å²) in [6.07, 6.45) is 5.59. The van der Waals surface area contributed by atoms with Crippen LogP contribution in [-0.4, -0.2) is 59.4 Å².